The molecule has 0 saturated carbocycles. The van der Waals surface area contributed by atoms with Crippen molar-refractivity contribution in [2.75, 3.05) is 0 Å². The maximum atomic E-state index is 15.3. The van der Waals surface area contributed by atoms with Crippen LogP contribution in [0.5, 0.6) is 0 Å². The maximum Gasteiger partial charge on any atom is 0.290 e. The zero-order valence-electron chi connectivity index (χ0n) is 13.9. The molecule has 3 aromatic carbocycles. The standard InChI is InChI=1S/C19H15F2NO3S2/c20-16-13-11-15(12-14-16)19(21)26(23,17-7-3-1-4-8-17)22-27(24,25)18-9-5-2-6-10-18/h1-14,19H/t19-,26-/m0/s1. The smallest absolute Gasteiger partial charge is 0.240 e. The van der Waals surface area contributed by atoms with Crippen LogP contribution in [0, 0.1) is 5.82 Å². The van der Waals surface area contributed by atoms with Gasteiger partial charge in [0.25, 0.3) is 10.0 Å². The number of hydrogen-bond acceptors (Lipinski definition) is 3. The molecule has 0 spiro atoms. The molecule has 0 N–H and O–H groups in total. The average molecular weight is 407 g/mol. The van der Waals surface area contributed by atoms with Crippen molar-refractivity contribution in [3.63, 3.8) is 0 Å². The number of hydrogen-bond donors (Lipinski definition) is 0. The Bertz CT molecular complexity index is 1140. The van der Waals surface area contributed by atoms with Gasteiger partial charge in [0.15, 0.2) is 0 Å². The first-order valence-corrected chi connectivity index (χ1v) is 10.9. The first-order chi connectivity index (χ1) is 12.8. The van der Waals surface area contributed by atoms with Crippen LogP contribution in [-0.4, -0.2) is 12.6 Å². The van der Waals surface area contributed by atoms with Crippen molar-refractivity contribution in [3.05, 3.63) is 96.3 Å². The minimum atomic E-state index is -4.39. The van der Waals surface area contributed by atoms with E-state index in [9.17, 15) is 17.0 Å². The number of sulfonamides is 1. The highest BCUT2D eigenvalue weighted by Crippen LogP contribution is 2.34. The van der Waals surface area contributed by atoms with E-state index in [0.29, 0.717) is 0 Å². The van der Waals surface area contributed by atoms with Crippen LogP contribution in [0.25, 0.3) is 0 Å². The van der Waals surface area contributed by atoms with Gasteiger partial charge in [-0.1, -0.05) is 52.3 Å². The van der Waals surface area contributed by atoms with Crippen LogP contribution in [-0.2, 0) is 19.8 Å². The summed E-state index contributed by atoms with van der Waals surface area (Å²) in [6.07, 6.45) is 0. The van der Waals surface area contributed by atoms with Gasteiger partial charge >= 0.3 is 0 Å². The van der Waals surface area contributed by atoms with Crippen LogP contribution in [0.2, 0.25) is 0 Å². The van der Waals surface area contributed by atoms with Gasteiger partial charge in [-0.2, -0.15) is 8.42 Å². The Balaban J connectivity index is 2.23. The van der Waals surface area contributed by atoms with E-state index >= 15 is 4.39 Å². The van der Waals surface area contributed by atoms with Gasteiger partial charge in [-0.25, -0.2) is 13.0 Å². The molecular formula is C19H15F2NO3S2. The van der Waals surface area contributed by atoms with Crippen molar-refractivity contribution >= 4 is 19.8 Å². The fourth-order valence-corrected chi connectivity index (χ4v) is 6.37. The Hall–Kier alpha value is -2.58. The molecule has 0 fully saturated rings. The molecule has 4 nitrogen and oxygen atoms in total. The number of rotatable bonds is 5. The lowest BCUT2D eigenvalue weighted by atomic mass is 10.2. The van der Waals surface area contributed by atoms with Gasteiger partial charge in [-0.3, -0.25) is 0 Å². The van der Waals surface area contributed by atoms with Crippen molar-refractivity contribution in [1.82, 2.24) is 0 Å². The molecule has 8 heteroatoms. The topological polar surface area (TPSA) is 63.6 Å². The zero-order chi connectivity index (χ0) is 19.5. The highest BCUT2D eigenvalue weighted by Gasteiger charge is 2.30. The quantitative estimate of drug-likeness (QED) is 0.615. The molecule has 27 heavy (non-hydrogen) atoms. The summed E-state index contributed by atoms with van der Waals surface area (Å²) < 4.78 is 70.8. The van der Waals surface area contributed by atoms with E-state index in [1.807, 2.05) is 0 Å². The molecule has 2 atom stereocenters. The van der Waals surface area contributed by atoms with Crippen LogP contribution in [0.15, 0.2) is 98.5 Å². The molecule has 0 unspecified atom stereocenters. The summed E-state index contributed by atoms with van der Waals surface area (Å²) in [6, 6.07) is 18.8. The molecular weight excluding hydrogens is 392 g/mol. The molecule has 0 bridgehead atoms. The molecule has 0 aliphatic rings. The number of alkyl halides is 1. The highest BCUT2D eigenvalue weighted by atomic mass is 32.3. The Labute approximate surface area is 156 Å². The Morgan fingerprint density at radius 1 is 0.704 bits per heavy atom. The van der Waals surface area contributed by atoms with Crippen molar-refractivity contribution in [1.29, 1.82) is 0 Å². The number of benzene rings is 3. The average Bonchev–Trinajstić information content (AvgIpc) is 2.69. The second-order valence-electron chi connectivity index (χ2n) is 5.61. The lowest BCUT2D eigenvalue weighted by Crippen LogP contribution is -2.13. The second kappa shape index (κ2) is 7.58. The van der Waals surface area contributed by atoms with Gasteiger partial charge < -0.3 is 0 Å². The van der Waals surface area contributed by atoms with E-state index < -0.39 is 31.1 Å². The monoisotopic (exact) mass is 407 g/mol. The molecule has 0 aromatic heterocycles. The van der Waals surface area contributed by atoms with Crippen molar-refractivity contribution in [2.24, 2.45) is 3.77 Å². The molecule has 0 saturated heterocycles. The normalized spacial score (nSPS) is 14.9. The van der Waals surface area contributed by atoms with Gasteiger partial charge in [0.1, 0.15) is 15.5 Å². The fraction of sp³-hybridized carbons (Fsp3) is 0.0526. The third-order valence-electron chi connectivity index (χ3n) is 3.74. The largest absolute Gasteiger partial charge is 0.290 e. The highest BCUT2D eigenvalue weighted by molar-refractivity contribution is 8.03. The van der Waals surface area contributed by atoms with Crippen LogP contribution in [0.1, 0.15) is 11.1 Å². The fourth-order valence-electron chi connectivity index (χ4n) is 2.40. The molecule has 0 heterocycles. The Morgan fingerprint density at radius 3 is 1.70 bits per heavy atom. The SMILES string of the molecule is O=S(=O)(N=[S@](=O)(c1ccccc1)[C@H](F)c1ccc(F)cc1)c1ccccc1. The molecule has 3 rings (SSSR count). The first-order valence-electron chi connectivity index (χ1n) is 7.85. The van der Waals surface area contributed by atoms with E-state index in [0.717, 1.165) is 24.3 Å². The minimum Gasteiger partial charge on any atom is -0.240 e. The van der Waals surface area contributed by atoms with Gasteiger partial charge in [0, 0.05) is 5.56 Å². The summed E-state index contributed by atoms with van der Waals surface area (Å²) in [5.74, 6) is -0.592. The summed E-state index contributed by atoms with van der Waals surface area (Å²) >= 11 is 0. The van der Waals surface area contributed by atoms with Crippen LogP contribution < -0.4 is 0 Å². The summed E-state index contributed by atoms with van der Waals surface area (Å²) in [4.78, 5) is -0.263. The predicted molar refractivity (Wildman–Crippen MR) is 99.2 cm³/mol. The van der Waals surface area contributed by atoms with Crippen LogP contribution in [0.4, 0.5) is 8.78 Å². The van der Waals surface area contributed by atoms with Gasteiger partial charge in [-0.05, 0) is 36.4 Å². The van der Waals surface area contributed by atoms with E-state index in [2.05, 4.69) is 3.77 Å². The van der Waals surface area contributed by atoms with Crippen molar-refractivity contribution in [2.45, 2.75) is 15.3 Å². The third-order valence-corrected chi connectivity index (χ3v) is 8.06. The van der Waals surface area contributed by atoms with E-state index in [1.165, 1.54) is 48.5 Å². The van der Waals surface area contributed by atoms with E-state index in [-0.39, 0.29) is 15.4 Å². The molecule has 3 aromatic rings. The maximum absolute atomic E-state index is 15.3. The molecule has 0 aliphatic carbocycles. The first kappa shape index (κ1) is 19.2. The second-order valence-corrected chi connectivity index (χ2v) is 9.65. The Morgan fingerprint density at radius 2 is 1.19 bits per heavy atom. The molecule has 0 aliphatic heterocycles. The minimum absolute atomic E-state index is 0.0682. The summed E-state index contributed by atoms with van der Waals surface area (Å²) in [5, 5.41) is 0. The molecule has 140 valence electrons. The van der Waals surface area contributed by atoms with Crippen molar-refractivity contribution < 1.29 is 21.4 Å². The molecule has 0 amide bonds. The molecule has 0 radical (unpaired) electrons. The van der Waals surface area contributed by atoms with E-state index in [1.54, 1.807) is 12.1 Å². The number of nitrogens with zero attached hydrogens (tertiary/aromatic N) is 1. The van der Waals surface area contributed by atoms with Crippen LogP contribution >= 0.6 is 0 Å². The Kier molecular flexibility index (Phi) is 5.38. The predicted octanol–water partition coefficient (Wildman–Crippen LogP) is 4.71. The third kappa shape index (κ3) is 4.06. The number of halogens is 2. The van der Waals surface area contributed by atoms with Gasteiger partial charge in [0.05, 0.1) is 9.79 Å². The van der Waals surface area contributed by atoms with E-state index in [4.69, 9.17) is 0 Å². The van der Waals surface area contributed by atoms with Crippen LogP contribution in [0.3, 0.4) is 0 Å². The van der Waals surface area contributed by atoms with Gasteiger partial charge in [-0.15, -0.1) is 0 Å². The lowest BCUT2D eigenvalue weighted by molar-refractivity contribution is 0.449. The lowest BCUT2D eigenvalue weighted by Gasteiger charge is -2.15. The summed E-state index contributed by atoms with van der Waals surface area (Å²) in [7, 11) is -8.46. The van der Waals surface area contributed by atoms with Crippen molar-refractivity contribution in [3.8, 4) is 0 Å². The summed E-state index contributed by atoms with van der Waals surface area (Å²) in [5.41, 5.74) is -2.39. The zero-order valence-corrected chi connectivity index (χ0v) is 15.5. The van der Waals surface area contributed by atoms with Gasteiger partial charge in [0.2, 0.25) is 5.50 Å². The summed E-state index contributed by atoms with van der Waals surface area (Å²) in [6.45, 7) is 0.